The van der Waals surface area contributed by atoms with Gasteiger partial charge in [0.15, 0.2) is 0 Å². The van der Waals surface area contributed by atoms with Crippen molar-refractivity contribution in [3.8, 4) is 0 Å². The van der Waals surface area contributed by atoms with Crippen molar-refractivity contribution in [3.63, 3.8) is 0 Å². The number of aryl methyl sites for hydroxylation is 1. The lowest BCUT2D eigenvalue weighted by Crippen LogP contribution is -2.28. The van der Waals surface area contributed by atoms with E-state index in [4.69, 9.17) is 0 Å². The second-order valence-corrected chi connectivity index (χ2v) is 6.49. The molecule has 1 nitrogen and oxygen atoms in total. The largest absolute Gasteiger partial charge is 0.261 e. The van der Waals surface area contributed by atoms with Crippen molar-refractivity contribution in [1.82, 2.24) is 4.98 Å². The quantitative estimate of drug-likeness (QED) is 0.653. The average Bonchev–Trinajstić information content (AvgIpc) is 2.45. The summed E-state index contributed by atoms with van der Waals surface area (Å²) in [6.07, 6.45) is 10.9. The molecule has 1 aromatic heterocycles. The lowest BCUT2D eigenvalue weighted by Gasteiger charge is -2.36. The summed E-state index contributed by atoms with van der Waals surface area (Å²) in [5.74, 6) is 0.897. The molecule has 2 atom stereocenters. The van der Waals surface area contributed by atoms with Crippen LogP contribution in [0.5, 0.6) is 0 Å². The van der Waals surface area contributed by atoms with Crippen LogP contribution in [0.25, 0.3) is 0 Å². The molecule has 114 valence electrons. The second-order valence-electron chi connectivity index (χ2n) is 6.49. The molecule has 0 aromatic carbocycles. The van der Waals surface area contributed by atoms with Gasteiger partial charge in [-0.25, -0.2) is 0 Å². The Hall–Kier alpha value is -0.850. The van der Waals surface area contributed by atoms with Crippen molar-refractivity contribution in [2.45, 2.75) is 85.0 Å². The van der Waals surface area contributed by atoms with E-state index in [2.05, 4.69) is 51.7 Å². The fraction of sp³-hybridized carbons (Fsp3) is 0.737. The summed E-state index contributed by atoms with van der Waals surface area (Å²) in [5.41, 5.74) is 3.21. The molecule has 0 spiro atoms. The normalized spacial score (nSPS) is 25.8. The Balaban J connectivity index is 0.000000612. The van der Waals surface area contributed by atoms with Gasteiger partial charge in [0.25, 0.3) is 0 Å². The zero-order valence-corrected chi connectivity index (χ0v) is 14.2. The van der Waals surface area contributed by atoms with Crippen LogP contribution in [0.2, 0.25) is 0 Å². The van der Waals surface area contributed by atoms with Gasteiger partial charge >= 0.3 is 0 Å². The highest BCUT2D eigenvalue weighted by atomic mass is 14.7. The van der Waals surface area contributed by atoms with Crippen LogP contribution in [0.4, 0.5) is 0 Å². The summed E-state index contributed by atoms with van der Waals surface area (Å²) in [7, 11) is 0. The molecule has 1 aliphatic rings. The third-order valence-corrected chi connectivity index (χ3v) is 4.66. The molecule has 0 bridgehead atoms. The average molecular weight is 275 g/mol. The molecule has 0 aliphatic heterocycles. The first-order valence-corrected chi connectivity index (χ1v) is 8.55. The number of pyridine rings is 1. The van der Waals surface area contributed by atoms with E-state index in [1.807, 2.05) is 6.20 Å². The van der Waals surface area contributed by atoms with Gasteiger partial charge in [-0.15, -0.1) is 0 Å². The van der Waals surface area contributed by atoms with E-state index in [0.29, 0.717) is 5.41 Å². The van der Waals surface area contributed by atoms with Crippen LogP contribution in [0.15, 0.2) is 18.3 Å². The number of aromatic nitrogens is 1. The smallest absolute Gasteiger partial charge is 0.0441 e. The molecule has 0 saturated heterocycles. The Morgan fingerprint density at radius 3 is 2.55 bits per heavy atom. The maximum atomic E-state index is 4.62. The van der Waals surface area contributed by atoms with E-state index in [0.717, 1.165) is 5.92 Å². The molecule has 0 radical (unpaired) electrons. The molecule has 1 aromatic rings. The number of hydrogen-bond acceptors (Lipinski definition) is 1. The number of nitrogens with zero attached hydrogens (tertiary/aromatic N) is 1. The highest BCUT2D eigenvalue weighted by Crippen LogP contribution is 2.40. The van der Waals surface area contributed by atoms with Crippen LogP contribution < -0.4 is 0 Å². The zero-order chi connectivity index (χ0) is 15.0. The van der Waals surface area contributed by atoms with E-state index in [-0.39, 0.29) is 0 Å². The van der Waals surface area contributed by atoms with Gasteiger partial charge in [-0.3, -0.25) is 4.98 Å². The predicted octanol–water partition coefficient (Wildman–Crippen LogP) is 5.92. The van der Waals surface area contributed by atoms with Crippen molar-refractivity contribution in [2.75, 3.05) is 0 Å². The first-order chi connectivity index (χ1) is 9.61. The summed E-state index contributed by atoms with van der Waals surface area (Å²) in [4.78, 5) is 4.62. The van der Waals surface area contributed by atoms with E-state index in [9.17, 15) is 0 Å². The molecule has 0 fully saturated rings. The van der Waals surface area contributed by atoms with Gasteiger partial charge in [-0.2, -0.15) is 0 Å². The highest BCUT2D eigenvalue weighted by molar-refractivity contribution is 5.29. The summed E-state index contributed by atoms with van der Waals surface area (Å²) in [6, 6.07) is 4.42. The molecular weight excluding hydrogens is 242 g/mol. The second kappa shape index (κ2) is 8.44. The predicted molar refractivity (Wildman–Crippen MR) is 89.2 cm³/mol. The molecule has 2 rings (SSSR count). The number of fused-ring (bicyclic) bond motifs is 1. The molecule has 1 aliphatic carbocycles. The molecule has 0 saturated carbocycles. The van der Waals surface area contributed by atoms with Gasteiger partial charge in [0.05, 0.1) is 0 Å². The molecule has 0 N–H and O–H groups in total. The minimum Gasteiger partial charge on any atom is -0.261 e. The maximum absolute atomic E-state index is 4.62. The van der Waals surface area contributed by atoms with Crippen LogP contribution in [-0.2, 0) is 11.8 Å². The Morgan fingerprint density at radius 1 is 1.25 bits per heavy atom. The maximum Gasteiger partial charge on any atom is 0.0441 e. The van der Waals surface area contributed by atoms with Gasteiger partial charge in [0.1, 0.15) is 0 Å². The lowest BCUT2D eigenvalue weighted by atomic mass is 9.69. The Morgan fingerprint density at radius 2 is 1.95 bits per heavy atom. The van der Waals surface area contributed by atoms with Crippen molar-refractivity contribution in [1.29, 1.82) is 0 Å². The van der Waals surface area contributed by atoms with Crippen LogP contribution in [0.1, 0.15) is 84.4 Å². The van der Waals surface area contributed by atoms with E-state index in [1.54, 1.807) is 0 Å². The molecule has 2 unspecified atom stereocenters. The summed E-state index contributed by atoms with van der Waals surface area (Å²) in [6.45, 7) is 11.3. The summed E-state index contributed by atoms with van der Waals surface area (Å²) >= 11 is 0. The van der Waals surface area contributed by atoms with E-state index < -0.39 is 0 Å². The van der Waals surface area contributed by atoms with E-state index >= 15 is 0 Å². The SMILES string of the molecule is CCC.CCC1CCCc2ncccc2C(C)(CC)C1. The Labute approximate surface area is 126 Å². The first kappa shape index (κ1) is 17.2. The third kappa shape index (κ3) is 4.33. The van der Waals surface area contributed by atoms with Crippen molar-refractivity contribution < 1.29 is 0 Å². The highest BCUT2D eigenvalue weighted by Gasteiger charge is 2.31. The van der Waals surface area contributed by atoms with Gasteiger partial charge in [0.2, 0.25) is 0 Å². The molecule has 20 heavy (non-hydrogen) atoms. The van der Waals surface area contributed by atoms with Gasteiger partial charge in [0, 0.05) is 11.9 Å². The summed E-state index contributed by atoms with van der Waals surface area (Å²) < 4.78 is 0. The minimum absolute atomic E-state index is 0.338. The fourth-order valence-corrected chi connectivity index (χ4v) is 3.28. The van der Waals surface area contributed by atoms with Gasteiger partial charge < -0.3 is 0 Å². The van der Waals surface area contributed by atoms with Crippen molar-refractivity contribution in [2.24, 2.45) is 5.92 Å². The topological polar surface area (TPSA) is 12.9 Å². The molecular formula is C19H33N. The molecule has 1 heteroatoms. The Bertz CT molecular complexity index is 385. The van der Waals surface area contributed by atoms with Crippen LogP contribution >= 0.6 is 0 Å². The summed E-state index contributed by atoms with van der Waals surface area (Å²) in [5, 5.41) is 0. The molecule has 1 heterocycles. The monoisotopic (exact) mass is 275 g/mol. The van der Waals surface area contributed by atoms with Gasteiger partial charge in [-0.1, -0.05) is 59.9 Å². The first-order valence-electron chi connectivity index (χ1n) is 8.55. The zero-order valence-electron chi connectivity index (χ0n) is 14.2. The minimum atomic E-state index is 0.338. The van der Waals surface area contributed by atoms with E-state index in [1.165, 1.54) is 56.2 Å². The number of rotatable bonds is 2. The Kier molecular flexibility index (Phi) is 7.26. The third-order valence-electron chi connectivity index (χ3n) is 4.66. The fourth-order valence-electron chi connectivity index (χ4n) is 3.28. The van der Waals surface area contributed by atoms with Crippen LogP contribution in [-0.4, -0.2) is 4.98 Å². The van der Waals surface area contributed by atoms with Gasteiger partial charge in [-0.05, 0) is 48.6 Å². The van der Waals surface area contributed by atoms with Crippen LogP contribution in [0.3, 0.4) is 0 Å². The van der Waals surface area contributed by atoms with Crippen LogP contribution in [0, 0.1) is 5.92 Å². The lowest BCUT2D eigenvalue weighted by molar-refractivity contribution is 0.290. The standard InChI is InChI=1S/C16H25N.C3H8/c1-4-13-8-6-10-15-14(9-7-11-17-15)16(3,5-2)12-13;1-3-2/h7,9,11,13H,4-6,8,10,12H2,1-3H3;3H2,1-2H3. The van der Waals surface area contributed by atoms with Crippen molar-refractivity contribution in [3.05, 3.63) is 29.6 Å². The van der Waals surface area contributed by atoms with Crippen molar-refractivity contribution >= 4 is 0 Å². The number of hydrogen-bond donors (Lipinski definition) is 0. The molecule has 0 amide bonds.